The lowest BCUT2D eigenvalue weighted by atomic mass is 10.2. The van der Waals surface area contributed by atoms with E-state index in [1.807, 2.05) is 13.8 Å². The number of nitrogens with zero attached hydrogens (tertiary/aromatic N) is 3. The lowest BCUT2D eigenvalue weighted by molar-refractivity contribution is 0.576. The van der Waals surface area contributed by atoms with Crippen LogP contribution in [-0.4, -0.2) is 23.4 Å². The maximum Gasteiger partial charge on any atom is 0.227 e. The van der Waals surface area contributed by atoms with Gasteiger partial charge in [0.2, 0.25) is 10.0 Å². The number of sulfonamides is 1. The van der Waals surface area contributed by atoms with E-state index in [1.165, 1.54) is 6.92 Å². The number of aryl methyl sites for hydroxylation is 2. The molecule has 0 amide bonds. The van der Waals surface area contributed by atoms with Gasteiger partial charge in [-0.25, -0.2) is 13.1 Å². The Morgan fingerprint density at radius 2 is 2.12 bits per heavy atom. The van der Waals surface area contributed by atoms with E-state index in [2.05, 4.69) is 9.82 Å². The van der Waals surface area contributed by atoms with E-state index in [0.29, 0.717) is 0 Å². The van der Waals surface area contributed by atoms with Crippen LogP contribution in [0.2, 0.25) is 0 Å². The first-order chi connectivity index (χ1) is 7.79. The topological polar surface area (TPSA) is 87.8 Å². The minimum Gasteiger partial charge on any atom is -0.272 e. The normalized spacial score (nSPS) is 13.4. The lowest BCUT2D eigenvalue weighted by Crippen LogP contribution is -2.31. The molecule has 1 unspecified atom stereocenters. The lowest BCUT2D eigenvalue weighted by Gasteiger charge is -2.08. The molecule has 17 heavy (non-hydrogen) atoms. The molecule has 0 saturated carbocycles. The minimum atomic E-state index is -3.58. The average Bonchev–Trinajstić information content (AvgIpc) is 2.50. The average molecular weight is 256 g/mol. The summed E-state index contributed by atoms with van der Waals surface area (Å²) in [6.45, 7) is 5.22. The van der Waals surface area contributed by atoms with Gasteiger partial charge in [0.05, 0.1) is 11.8 Å². The number of rotatable bonds is 4. The van der Waals surface area contributed by atoms with Crippen LogP contribution in [-0.2, 0) is 23.6 Å². The summed E-state index contributed by atoms with van der Waals surface area (Å²) in [6, 6.07) is 1.70. The number of nitrogens with one attached hydrogen (secondary N) is 1. The van der Waals surface area contributed by atoms with Gasteiger partial charge in [-0.3, -0.25) is 4.68 Å². The first kappa shape index (κ1) is 13.7. The van der Waals surface area contributed by atoms with Crippen LogP contribution in [0, 0.1) is 25.2 Å². The van der Waals surface area contributed by atoms with Gasteiger partial charge in [0.25, 0.3) is 0 Å². The van der Waals surface area contributed by atoms with Crippen LogP contribution in [0.4, 0.5) is 0 Å². The molecule has 1 aromatic rings. The summed E-state index contributed by atoms with van der Waals surface area (Å²) >= 11 is 0. The zero-order chi connectivity index (χ0) is 13.2. The first-order valence-corrected chi connectivity index (χ1v) is 6.71. The zero-order valence-electron chi connectivity index (χ0n) is 10.4. The van der Waals surface area contributed by atoms with Crippen molar-refractivity contribution in [2.24, 2.45) is 7.05 Å². The molecule has 0 aliphatic carbocycles. The standard InChI is InChI=1S/C10H16N4O2S/c1-7(5-11)17(15,16)12-6-10-8(2)13-14(4)9(10)3/h7,12H,6H2,1-4H3. The minimum absolute atomic E-state index is 0.167. The quantitative estimate of drug-likeness (QED) is 0.843. The second-order valence-corrected chi connectivity index (χ2v) is 6.00. The molecule has 0 bridgehead atoms. The van der Waals surface area contributed by atoms with Gasteiger partial charge in [0, 0.05) is 24.8 Å². The Morgan fingerprint density at radius 1 is 1.53 bits per heavy atom. The Morgan fingerprint density at radius 3 is 2.53 bits per heavy atom. The molecule has 0 spiro atoms. The third kappa shape index (κ3) is 2.84. The van der Waals surface area contributed by atoms with Gasteiger partial charge in [0.1, 0.15) is 0 Å². The number of nitriles is 1. The van der Waals surface area contributed by atoms with E-state index >= 15 is 0 Å². The molecule has 1 N–H and O–H groups in total. The summed E-state index contributed by atoms with van der Waals surface area (Å²) in [7, 11) is -1.78. The molecule has 0 aliphatic heterocycles. The molecule has 0 radical (unpaired) electrons. The summed E-state index contributed by atoms with van der Waals surface area (Å²) in [5, 5.41) is 11.7. The summed E-state index contributed by atoms with van der Waals surface area (Å²) in [6.07, 6.45) is 0. The highest BCUT2D eigenvalue weighted by molar-refractivity contribution is 7.90. The zero-order valence-corrected chi connectivity index (χ0v) is 11.2. The molecule has 7 heteroatoms. The summed E-state index contributed by atoms with van der Waals surface area (Å²) in [5.74, 6) is 0. The highest BCUT2D eigenvalue weighted by Gasteiger charge is 2.20. The molecule has 0 fully saturated rings. The second-order valence-electron chi connectivity index (χ2n) is 3.91. The molecular weight excluding hydrogens is 240 g/mol. The van der Waals surface area contributed by atoms with Crippen molar-refractivity contribution in [3.05, 3.63) is 17.0 Å². The maximum atomic E-state index is 11.6. The molecular formula is C10H16N4O2S. The Bertz CT molecular complexity index is 554. The van der Waals surface area contributed by atoms with Gasteiger partial charge >= 0.3 is 0 Å². The van der Waals surface area contributed by atoms with Crippen LogP contribution in [0.3, 0.4) is 0 Å². The third-order valence-corrected chi connectivity index (χ3v) is 4.34. The van der Waals surface area contributed by atoms with Crippen molar-refractivity contribution < 1.29 is 8.42 Å². The largest absolute Gasteiger partial charge is 0.272 e. The number of hydrogen-bond acceptors (Lipinski definition) is 4. The molecule has 0 saturated heterocycles. The Hall–Kier alpha value is -1.39. The van der Waals surface area contributed by atoms with Crippen LogP contribution in [0.25, 0.3) is 0 Å². The molecule has 94 valence electrons. The van der Waals surface area contributed by atoms with E-state index in [9.17, 15) is 8.42 Å². The summed E-state index contributed by atoms with van der Waals surface area (Å²) < 4.78 is 27.3. The predicted molar refractivity (Wildman–Crippen MR) is 63.5 cm³/mol. The van der Waals surface area contributed by atoms with Crippen molar-refractivity contribution in [2.45, 2.75) is 32.6 Å². The van der Waals surface area contributed by atoms with Crippen LogP contribution in [0.5, 0.6) is 0 Å². The molecule has 0 aromatic carbocycles. The molecule has 6 nitrogen and oxygen atoms in total. The number of aromatic nitrogens is 2. The van der Waals surface area contributed by atoms with Crippen LogP contribution in [0.15, 0.2) is 0 Å². The summed E-state index contributed by atoms with van der Waals surface area (Å²) in [5.41, 5.74) is 2.55. The van der Waals surface area contributed by atoms with Gasteiger partial charge < -0.3 is 0 Å². The van der Waals surface area contributed by atoms with E-state index in [0.717, 1.165) is 17.0 Å². The Balaban J connectivity index is 2.86. The smallest absolute Gasteiger partial charge is 0.227 e. The number of hydrogen-bond donors (Lipinski definition) is 1. The second kappa shape index (κ2) is 4.85. The molecule has 1 aromatic heterocycles. The maximum absolute atomic E-state index is 11.6. The Kier molecular flexibility index (Phi) is 3.91. The van der Waals surface area contributed by atoms with E-state index in [-0.39, 0.29) is 6.54 Å². The van der Waals surface area contributed by atoms with Gasteiger partial charge in [-0.05, 0) is 20.8 Å². The van der Waals surface area contributed by atoms with Crippen molar-refractivity contribution in [3.63, 3.8) is 0 Å². The van der Waals surface area contributed by atoms with Gasteiger partial charge in [0.15, 0.2) is 5.25 Å². The molecule has 0 aliphatic rings. The van der Waals surface area contributed by atoms with Crippen LogP contribution < -0.4 is 4.72 Å². The van der Waals surface area contributed by atoms with Crippen LogP contribution in [0.1, 0.15) is 23.9 Å². The highest BCUT2D eigenvalue weighted by Crippen LogP contribution is 2.12. The fourth-order valence-electron chi connectivity index (χ4n) is 1.44. The fraction of sp³-hybridized carbons (Fsp3) is 0.600. The highest BCUT2D eigenvalue weighted by atomic mass is 32.2. The SMILES string of the molecule is Cc1nn(C)c(C)c1CNS(=O)(=O)C(C)C#N. The van der Waals surface area contributed by atoms with Crippen molar-refractivity contribution in [2.75, 3.05) is 0 Å². The monoisotopic (exact) mass is 256 g/mol. The molecule has 1 rings (SSSR count). The van der Waals surface area contributed by atoms with Gasteiger partial charge in [-0.15, -0.1) is 0 Å². The summed E-state index contributed by atoms with van der Waals surface area (Å²) in [4.78, 5) is 0. The van der Waals surface area contributed by atoms with Crippen molar-refractivity contribution in [3.8, 4) is 6.07 Å². The molecule has 1 atom stereocenters. The van der Waals surface area contributed by atoms with Crippen LogP contribution >= 0.6 is 0 Å². The molecule has 1 heterocycles. The van der Waals surface area contributed by atoms with E-state index in [1.54, 1.807) is 17.8 Å². The fourth-order valence-corrected chi connectivity index (χ4v) is 2.17. The van der Waals surface area contributed by atoms with Gasteiger partial charge in [-0.2, -0.15) is 10.4 Å². The van der Waals surface area contributed by atoms with E-state index in [4.69, 9.17) is 5.26 Å². The Labute approximate surface area is 101 Å². The van der Waals surface area contributed by atoms with Crippen molar-refractivity contribution in [1.82, 2.24) is 14.5 Å². The predicted octanol–water partition coefficient (Wildman–Crippen LogP) is 0.368. The third-order valence-electron chi connectivity index (χ3n) is 2.76. The van der Waals surface area contributed by atoms with Crippen molar-refractivity contribution >= 4 is 10.0 Å². The van der Waals surface area contributed by atoms with E-state index < -0.39 is 15.3 Å². The van der Waals surface area contributed by atoms with Crippen molar-refractivity contribution in [1.29, 1.82) is 5.26 Å². The van der Waals surface area contributed by atoms with Gasteiger partial charge in [-0.1, -0.05) is 0 Å². The first-order valence-electron chi connectivity index (χ1n) is 5.16.